The summed E-state index contributed by atoms with van der Waals surface area (Å²) in [6.45, 7) is 2.06. The smallest absolute Gasteiger partial charge is 0.290 e. The molecule has 0 aliphatic rings. The lowest BCUT2D eigenvalue weighted by atomic mass is 10.2. The van der Waals surface area contributed by atoms with E-state index in [1.807, 2.05) is 24.4 Å². The molecular weight excluding hydrogens is 376 g/mol. The normalized spacial score (nSPS) is 11.4. The number of nitrogens with one attached hydrogen (secondary N) is 2. The minimum Gasteiger partial charge on any atom is -0.360 e. The van der Waals surface area contributed by atoms with Crippen molar-refractivity contribution in [3.05, 3.63) is 39.9 Å². The Morgan fingerprint density at radius 3 is 3.22 bits per heavy atom. The number of nitrogens with zero attached hydrogens (tertiary/aromatic N) is 2. The molecule has 0 atom stereocenters. The first-order valence-electron chi connectivity index (χ1n) is 7.23. The van der Waals surface area contributed by atoms with Gasteiger partial charge >= 0.3 is 0 Å². The molecular formula is C16H15BrN4OS. The Labute approximate surface area is 146 Å². The number of hydrazone groups is 1. The molecule has 118 valence electrons. The molecule has 0 spiro atoms. The van der Waals surface area contributed by atoms with Gasteiger partial charge in [0, 0.05) is 38.7 Å². The van der Waals surface area contributed by atoms with E-state index in [1.165, 1.54) is 11.3 Å². The van der Waals surface area contributed by atoms with Crippen LogP contribution in [-0.2, 0) is 0 Å². The van der Waals surface area contributed by atoms with Crippen molar-refractivity contribution in [2.45, 2.75) is 19.8 Å². The van der Waals surface area contributed by atoms with Crippen LogP contribution in [0.5, 0.6) is 0 Å². The fourth-order valence-corrected chi connectivity index (χ4v) is 3.32. The summed E-state index contributed by atoms with van der Waals surface area (Å²) >= 11 is 4.92. The average molecular weight is 391 g/mol. The Morgan fingerprint density at radius 1 is 1.52 bits per heavy atom. The van der Waals surface area contributed by atoms with Crippen molar-refractivity contribution in [2.24, 2.45) is 5.10 Å². The molecule has 5 nitrogen and oxygen atoms in total. The summed E-state index contributed by atoms with van der Waals surface area (Å²) in [6.07, 6.45) is 5.45. The average Bonchev–Trinajstić information content (AvgIpc) is 3.17. The summed E-state index contributed by atoms with van der Waals surface area (Å²) in [7, 11) is 0. The van der Waals surface area contributed by atoms with E-state index in [1.54, 1.807) is 11.6 Å². The third-order valence-electron chi connectivity index (χ3n) is 3.29. The van der Waals surface area contributed by atoms with Crippen LogP contribution in [0.2, 0.25) is 0 Å². The molecule has 0 saturated heterocycles. The molecule has 3 aromatic rings. The number of H-pyrrole nitrogens is 1. The number of halogens is 1. The zero-order chi connectivity index (χ0) is 16.2. The lowest BCUT2D eigenvalue weighted by molar-refractivity contribution is 0.0951. The molecule has 2 aromatic heterocycles. The van der Waals surface area contributed by atoms with Crippen molar-refractivity contribution in [2.75, 3.05) is 0 Å². The zero-order valence-corrected chi connectivity index (χ0v) is 14.9. The van der Waals surface area contributed by atoms with E-state index in [4.69, 9.17) is 0 Å². The van der Waals surface area contributed by atoms with Gasteiger partial charge in [-0.15, -0.1) is 11.3 Å². The van der Waals surface area contributed by atoms with Crippen molar-refractivity contribution >= 4 is 50.3 Å². The van der Waals surface area contributed by atoms with E-state index < -0.39 is 0 Å². The highest BCUT2D eigenvalue weighted by Gasteiger charge is 2.14. The molecule has 0 aliphatic heterocycles. The Bertz CT molecular complexity index is 868. The van der Waals surface area contributed by atoms with Crippen LogP contribution in [0, 0.1) is 0 Å². The minimum atomic E-state index is -0.291. The van der Waals surface area contributed by atoms with Crippen LogP contribution in [-0.4, -0.2) is 22.1 Å². The maximum absolute atomic E-state index is 12.0. The molecule has 7 heteroatoms. The fourth-order valence-electron chi connectivity index (χ4n) is 2.13. The van der Waals surface area contributed by atoms with Gasteiger partial charge in [0.15, 0.2) is 0 Å². The van der Waals surface area contributed by atoms with E-state index in [0.29, 0.717) is 5.69 Å². The first kappa shape index (κ1) is 15.9. The maximum Gasteiger partial charge on any atom is 0.290 e. The first-order valence-corrected chi connectivity index (χ1v) is 8.90. The van der Waals surface area contributed by atoms with Crippen LogP contribution in [0.1, 0.15) is 30.3 Å². The molecule has 0 radical (unpaired) electrons. The first-order chi connectivity index (χ1) is 11.2. The lowest BCUT2D eigenvalue weighted by Crippen LogP contribution is -2.17. The Hall–Kier alpha value is -1.99. The van der Waals surface area contributed by atoms with Crippen LogP contribution >= 0.6 is 27.3 Å². The van der Waals surface area contributed by atoms with Crippen LogP contribution < -0.4 is 5.43 Å². The standard InChI is InChI=1S/C16H15BrN4OS/c1-2-3-6-19-21-15(22)14-9-23-16(20-14)12-8-18-13-5-4-10(17)7-11(12)13/h4-9,18H,2-3H2,1H3,(H,21,22). The number of thiazole rings is 1. The van der Waals surface area contributed by atoms with Crippen LogP contribution in [0.4, 0.5) is 0 Å². The molecule has 0 unspecified atom stereocenters. The van der Waals surface area contributed by atoms with Crippen molar-refractivity contribution in [1.82, 2.24) is 15.4 Å². The second-order valence-electron chi connectivity index (χ2n) is 4.97. The third-order valence-corrected chi connectivity index (χ3v) is 4.66. The molecule has 23 heavy (non-hydrogen) atoms. The number of hydrogen-bond donors (Lipinski definition) is 2. The lowest BCUT2D eigenvalue weighted by Gasteiger charge is -1.96. The van der Waals surface area contributed by atoms with Gasteiger partial charge in [0.05, 0.1) is 0 Å². The van der Waals surface area contributed by atoms with Crippen molar-refractivity contribution in [1.29, 1.82) is 0 Å². The Morgan fingerprint density at radius 2 is 2.39 bits per heavy atom. The second kappa shape index (κ2) is 7.06. The van der Waals surface area contributed by atoms with Crippen molar-refractivity contribution in [3.8, 4) is 10.6 Å². The van der Waals surface area contributed by atoms with Gasteiger partial charge in [-0.05, 0) is 24.6 Å². The molecule has 0 fully saturated rings. The highest BCUT2D eigenvalue weighted by atomic mass is 79.9. The summed E-state index contributed by atoms with van der Waals surface area (Å²) < 4.78 is 1.01. The molecule has 0 saturated carbocycles. The molecule has 0 aliphatic carbocycles. The summed E-state index contributed by atoms with van der Waals surface area (Å²) in [4.78, 5) is 19.7. The van der Waals surface area contributed by atoms with Gasteiger partial charge in [-0.1, -0.05) is 29.3 Å². The highest BCUT2D eigenvalue weighted by molar-refractivity contribution is 9.10. The van der Waals surface area contributed by atoms with Crippen molar-refractivity contribution < 1.29 is 4.79 Å². The minimum absolute atomic E-state index is 0.291. The van der Waals surface area contributed by atoms with E-state index in [2.05, 4.69) is 43.3 Å². The number of amides is 1. The van der Waals surface area contributed by atoms with Gasteiger partial charge in [0.25, 0.3) is 5.91 Å². The van der Waals surface area contributed by atoms with Crippen LogP contribution in [0.3, 0.4) is 0 Å². The molecule has 2 N–H and O–H groups in total. The summed E-state index contributed by atoms with van der Waals surface area (Å²) in [5.41, 5.74) is 4.90. The van der Waals surface area contributed by atoms with Gasteiger partial charge in [-0.2, -0.15) is 5.10 Å². The van der Waals surface area contributed by atoms with E-state index in [9.17, 15) is 4.79 Å². The zero-order valence-electron chi connectivity index (χ0n) is 12.5. The highest BCUT2D eigenvalue weighted by Crippen LogP contribution is 2.32. The number of carbonyl (C=O) groups excluding carboxylic acids is 1. The number of rotatable bonds is 5. The molecule has 3 rings (SSSR count). The van der Waals surface area contributed by atoms with E-state index >= 15 is 0 Å². The number of aromatic nitrogens is 2. The van der Waals surface area contributed by atoms with Crippen LogP contribution in [0.25, 0.3) is 21.5 Å². The molecule has 2 heterocycles. The summed E-state index contributed by atoms with van der Waals surface area (Å²) in [5, 5.41) is 7.52. The summed E-state index contributed by atoms with van der Waals surface area (Å²) in [5.74, 6) is -0.291. The Kier molecular flexibility index (Phi) is 4.88. The monoisotopic (exact) mass is 390 g/mol. The van der Waals surface area contributed by atoms with Crippen molar-refractivity contribution in [3.63, 3.8) is 0 Å². The quantitative estimate of drug-likeness (QED) is 0.494. The largest absolute Gasteiger partial charge is 0.360 e. The predicted octanol–water partition coefficient (Wildman–Crippen LogP) is 4.57. The van der Waals surface area contributed by atoms with Gasteiger partial charge in [0.1, 0.15) is 10.7 Å². The predicted molar refractivity (Wildman–Crippen MR) is 98.0 cm³/mol. The van der Waals surface area contributed by atoms with Gasteiger partial charge in [-0.3, -0.25) is 4.79 Å². The second-order valence-corrected chi connectivity index (χ2v) is 6.75. The van der Waals surface area contributed by atoms with E-state index in [-0.39, 0.29) is 5.91 Å². The van der Waals surface area contributed by atoms with E-state index in [0.717, 1.165) is 38.8 Å². The van der Waals surface area contributed by atoms with Gasteiger partial charge in [-0.25, -0.2) is 10.4 Å². The maximum atomic E-state index is 12.0. The molecule has 1 amide bonds. The topological polar surface area (TPSA) is 70.1 Å². The number of hydrogen-bond acceptors (Lipinski definition) is 4. The van der Waals surface area contributed by atoms with Crippen LogP contribution in [0.15, 0.2) is 39.4 Å². The fraction of sp³-hybridized carbons (Fsp3) is 0.188. The van der Waals surface area contributed by atoms with Gasteiger partial charge < -0.3 is 4.98 Å². The number of unbranched alkanes of at least 4 members (excludes halogenated alkanes) is 1. The number of carbonyl (C=O) groups is 1. The number of benzene rings is 1. The van der Waals surface area contributed by atoms with Gasteiger partial charge in [0.2, 0.25) is 0 Å². The third kappa shape index (κ3) is 3.51. The molecule has 1 aromatic carbocycles. The number of fused-ring (bicyclic) bond motifs is 1. The SMILES string of the molecule is CCCC=NNC(=O)c1csc(-c2c[nH]c3ccc(Br)cc23)n1. The Balaban J connectivity index is 1.83. The summed E-state index contributed by atoms with van der Waals surface area (Å²) in [6, 6.07) is 6.03. The number of aromatic amines is 1. The molecule has 0 bridgehead atoms.